The third-order valence-corrected chi connectivity index (χ3v) is 4.88. The van der Waals surface area contributed by atoms with Gasteiger partial charge in [-0.2, -0.15) is 0 Å². The molecule has 0 bridgehead atoms. The van der Waals surface area contributed by atoms with E-state index in [0.29, 0.717) is 32.5 Å². The second kappa shape index (κ2) is 8.04. The van der Waals surface area contributed by atoms with E-state index in [1.54, 1.807) is 4.90 Å². The minimum absolute atomic E-state index is 0.128. The van der Waals surface area contributed by atoms with E-state index in [-0.39, 0.29) is 11.9 Å². The first-order valence-electron chi connectivity index (χ1n) is 8.94. The van der Waals surface area contributed by atoms with Crippen molar-refractivity contribution in [1.82, 2.24) is 10.2 Å². The molecule has 1 saturated heterocycles. The average Bonchev–Trinajstić information content (AvgIpc) is 2.66. The number of urea groups is 1. The molecule has 5 nitrogen and oxygen atoms in total. The van der Waals surface area contributed by atoms with Gasteiger partial charge in [-0.1, -0.05) is 54.1 Å². The fourth-order valence-electron chi connectivity index (χ4n) is 3.26. The number of carboxylic acids is 1. The molecule has 0 saturated carbocycles. The average molecular weight is 352 g/mol. The van der Waals surface area contributed by atoms with Gasteiger partial charge in [-0.3, -0.25) is 4.79 Å². The molecular formula is C21H24N2O3. The first-order valence-corrected chi connectivity index (χ1v) is 8.94. The third kappa shape index (κ3) is 4.42. The predicted octanol–water partition coefficient (Wildman–Crippen LogP) is 3.67. The Balaban J connectivity index is 1.52. The van der Waals surface area contributed by atoms with Crippen LogP contribution in [0.2, 0.25) is 0 Å². The maximum absolute atomic E-state index is 12.2. The van der Waals surface area contributed by atoms with Gasteiger partial charge in [0.2, 0.25) is 0 Å². The summed E-state index contributed by atoms with van der Waals surface area (Å²) in [6.07, 6.45) is 1.04. The van der Waals surface area contributed by atoms with Gasteiger partial charge >= 0.3 is 12.0 Å². The van der Waals surface area contributed by atoms with Crippen LogP contribution in [0, 0.1) is 12.8 Å². The van der Waals surface area contributed by atoms with Crippen molar-refractivity contribution in [3.63, 3.8) is 0 Å². The van der Waals surface area contributed by atoms with E-state index in [1.807, 2.05) is 18.2 Å². The van der Waals surface area contributed by atoms with Gasteiger partial charge in [0.1, 0.15) is 0 Å². The molecule has 3 rings (SSSR count). The maximum atomic E-state index is 12.2. The standard InChI is InChI=1S/C21H24N2O3/c1-15-3-2-4-19(13-15)17-7-5-16(6-8-17)14-22-21(26)23-11-9-18(10-12-23)20(24)25/h2-8,13,18H,9-12,14H2,1H3,(H,22,26)(H,24,25). The molecule has 5 heteroatoms. The van der Waals surface area contributed by atoms with Gasteiger partial charge in [0.15, 0.2) is 0 Å². The SMILES string of the molecule is Cc1cccc(-c2ccc(CNC(=O)N3CCC(C(=O)O)CC3)cc2)c1. The molecule has 0 unspecified atom stereocenters. The van der Waals surface area contributed by atoms with Crippen LogP contribution in [0.5, 0.6) is 0 Å². The Kier molecular flexibility index (Phi) is 5.56. The zero-order valence-electron chi connectivity index (χ0n) is 14.9. The Morgan fingerprint density at radius 1 is 1.08 bits per heavy atom. The van der Waals surface area contributed by atoms with Gasteiger partial charge in [0, 0.05) is 19.6 Å². The summed E-state index contributed by atoms with van der Waals surface area (Å²) < 4.78 is 0. The number of carbonyl (C=O) groups excluding carboxylic acids is 1. The fraction of sp³-hybridized carbons (Fsp3) is 0.333. The van der Waals surface area contributed by atoms with Gasteiger partial charge in [-0.15, -0.1) is 0 Å². The van der Waals surface area contributed by atoms with Gasteiger partial charge in [-0.05, 0) is 36.5 Å². The smallest absolute Gasteiger partial charge is 0.317 e. The number of hydrogen-bond acceptors (Lipinski definition) is 2. The molecule has 1 fully saturated rings. The summed E-state index contributed by atoms with van der Waals surface area (Å²) in [7, 11) is 0. The molecule has 2 aromatic rings. The zero-order chi connectivity index (χ0) is 18.5. The summed E-state index contributed by atoms with van der Waals surface area (Å²) in [6.45, 7) is 3.53. The molecule has 1 aliphatic heterocycles. The van der Waals surface area contributed by atoms with E-state index in [0.717, 1.165) is 11.1 Å². The summed E-state index contributed by atoms with van der Waals surface area (Å²) >= 11 is 0. The van der Waals surface area contributed by atoms with Crippen LogP contribution in [0.25, 0.3) is 11.1 Å². The number of aliphatic carboxylic acids is 1. The second-order valence-corrected chi connectivity index (χ2v) is 6.82. The first kappa shape index (κ1) is 18.0. The Hall–Kier alpha value is -2.82. The number of likely N-dealkylation sites (tertiary alicyclic amines) is 1. The molecule has 2 aromatic carbocycles. The zero-order valence-corrected chi connectivity index (χ0v) is 14.9. The Morgan fingerprint density at radius 2 is 1.77 bits per heavy atom. The summed E-state index contributed by atoms with van der Waals surface area (Å²) in [4.78, 5) is 24.9. The van der Waals surface area contributed by atoms with Crippen molar-refractivity contribution in [3.05, 3.63) is 59.7 Å². The van der Waals surface area contributed by atoms with Crippen LogP contribution >= 0.6 is 0 Å². The van der Waals surface area contributed by atoms with Gasteiger partial charge in [-0.25, -0.2) is 4.79 Å². The normalized spacial score (nSPS) is 14.9. The summed E-state index contributed by atoms with van der Waals surface area (Å²) in [5, 5.41) is 11.9. The van der Waals surface area contributed by atoms with Crippen LogP contribution in [0.3, 0.4) is 0 Å². The van der Waals surface area contributed by atoms with Gasteiger partial charge in [0.25, 0.3) is 0 Å². The number of rotatable bonds is 4. The van der Waals surface area contributed by atoms with E-state index in [1.165, 1.54) is 11.1 Å². The molecule has 1 heterocycles. The van der Waals surface area contributed by atoms with Crippen molar-refractivity contribution in [3.8, 4) is 11.1 Å². The number of benzene rings is 2. The van der Waals surface area contributed by atoms with Crippen molar-refractivity contribution in [2.75, 3.05) is 13.1 Å². The van der Waals surface area contributed by atoms with E-state index in [2.05, 4.69) is 42.6 Å². The fourth-order valence-corrected chi connectivity index (χ4v) is 3.26. The van der Waals surface area contributed by atoms with Crippen LogP contribution in [-0.4, -0.2) is 35.1 Å². The highest BCUT2D eigenvalue weighted by atomic mass is 16.4. The van der Waals surface area contributed by atoms with E-state index < -0.39 is 5.97 Å². The largest absolute Gasteiger partial charge is 0.481 e. The number of carbonyl (C=O) groups is 2. The molecule has 0 atom stereocenters. The van der Waals surface area contributed by atoms with Gasteiger partial charge < -0.3 is 15.3 Å². The highest BCUT2D eigenvalue weighted by Crippen LogP contribution is 2.21. The lowest BCUT2D eigenvalue weighted by Gasteiger charge is -2.30. The number of aryl methyl sites for hydroxylation is 1. The highest BCUT2D eigenvalue weighted by Gasteiger charge is 2.26. The number of amides is 2. The highest BCUT2D eigenvalue weighted by molar-refractivity contribution is 5.75. The number of piperidine rings is 1. The Labute approximate surface area is 153 Å². The number of carboxylic acid groups (broad SMARTS) is 1. The summed E-state index contributed by atoms with van der Waals surface area (Å²) in [6, 6.07) is 16.4. The Bertz CT molecular complexity index is 778. The summed E-state index contributed by atoms with van der Waals surface area (Å²) in [5.41, 5.74) is 4.60. The Morgan fingerprint density at radius 3 is 2.38 bits per heavy atom. The van der Waals surface area contributed by atoms with Crippen LogP contribution in [0.4, 0.5) is 4.79 Å². The van der Waals surface area contributed by atoms with E-state index in [4.69, 9.17) is 5.11 Å². The molecule has 2 amide bonds. The molecule has 0 radical (unpaired) electrons. The maximum Gasteiger partial charge on any atom is 0.317 e. The molecule has 136 valence electrons. The molecule has 0 aliphatic carbocycles. The van der Waals surface area contributed by atoms with Crippen molar-refractivity contribution in [1.29, 1.82) is 0 Å². The predicted molar refractivity (Wildman–Crippen MR) is 101 cm³/mol. The van der Waals surface area contributed by atoms with Crippen molar-refractivity contribution < 1.29 is 14.7 Å². The lowest BCUT2D eigenvalue weighted by atomic mass is 9.97. The van der Waals surface area contributed by atoms with Gasteiger partial charge in [0.05, 0.1) is 5.92 Å². The van der Waals surface area contributed by atoms with E-state index >= 15 is 0 Å². The van der Waals surface area contributed by atoms with Crippen molar-refractivity contribution >= 4 is 12.0 Å². The second-order valence-electron chi connectivity index (χ2n) is 6.82. The lowest BCUT2D eigenvalue weighted by Crippen LogP contribution is -2.45. The van der Waals surface area contributed by atoms with Crippen LogP contribution in [0.1, 0.15) is 24.0 Å². The molecule has 26 heavy (non-hydrogen) atoms. The molecule has 0 spiro atoms. The van der Waals surface area contributed by atoms with Crippen LogP contribution in [-0.2, 0) is 11.3 Å². The quantitative estimate of drug-likeness (QED) is 0.882. The number of nitrogens with zero attached hydrogens (tertiary/aromatic N) is 1. The van der Waals surface area contributed by atoms with Crippen LogP contribution < -0.4 is 5.32 Å². The lowest BCUT2D eigenvalue weighted by molar-refractivity contribution is -0.143. The van der Waals surface area contributed by atoms with E-state index in [9.17, 15) is 9.59 Å². The summed E-state index contributed by atoms with van der Waals surface area (Å²) in [5.74, 6) is -1.09. The monoisotopic (exact) mass is 352 g/mol. The number of hydrogen-bond donors (Lipinski definition) is 2. The third-order valence-electron chi connectivity index (χ3n) is 4.88. The molecular weight excluding hydrogens is 328 g/mol. The minimum atomic E-state index is -0.765. The van der Waals surface area contributed by atoms with Crippen LogP contribution in [0.15, 0.2) is 48.5 Å². The minimum Gasteiger partial charge on any atom is -0.481 e. The van der Waals surface area contributed by atoms with Crippen molar-refractivity contribution in [2.45, 2.75) is 26.3 Å². The first-order chi connectivity index (χ1) is 12.5. The van der Waals surface area contributed by atoms with Crippen molar-refractivity contribution in [2.24, 2.45) is 5.92 Å². The molecule has 2 N–H and O–H groups in total. The molecule has 1 aliphatic rings. The topological polar surface area (TPSA) is 69.6 Å². The molecule has 0 aromatic heterocycles. The number of nitrogens with one attached hydrogen (secondary N) is 1.